The number of thiazole rings is 1. The van der Waals surface area contributed by atoms with E-state index in [4.69, 9.17) is 4.74 Å². The van der Waals surface area contributed by atoms with Crippen LogP contribution in [0.3, 0.4) is 0 Å². The lowest BCUT2D eigenvalue weighted by molar-refractivity contribution is -0.137. The SMILES string of the molecule is COc1ccc([C@H]2c3sc(=O)[nH]c3S[C@@H]3[C@@H]4C[C@@H]([C@H]5C(=O)N(c6cccc(C(F)(F)F)c6)C(=O)[C@@H]45)[C@H]23)cc1. The smallest absolute Gasteiger partial charge is 0.416 e. The number of nitrogens with zero attached hydrogens (tertiary/aromatic N) is 1. The highest BCUT2D eigenvalue weighted by atomic mass is 32.2. The first-order chi connectivity index (χ1) is 18.2. The molecule has 4 aliphatic rings. The van der Waals surface area contributed by atoms with Gasteiger partial charge in [0.15, 0.2) is 0 Å². The van der Waals surface area contributed by atoms with E-state index in [2.05, 4.69) is 4.98 Å². The number of amides is 2. The predicted octanol–water partition coefficient (Wildman–Crippen LogP) is 5.14. The maximum atomic E-state index is 13.7. The third-order valence-corrected chi connectivity index (χ3v) is 11.2. The van der Waals surface area contributed by atoms with Gasteiger partial charge in [-0.05, 0) is 60.1 Å². The number of carbonyl (C=O) groups excluding carboxylic acids is 2. The molecule has 1 N–H and O–H groups in total. The molecule has 7 rings (SSSR count). The van der Waals surface area contributed by atoms with Gasteiger partial charge in [0.1, 0.15) is 5.75 Å². The van der Waals surface area contributed by atoms with Crippen molar-refractivity contribution in [2.75, 3.05) is 12.0 Å². The summed E-state index contributed by atoms with van der Waals surface area (Å²) >= 11 is 2.75. The highest BCUT2D eigenvalue weighted by Crippen LogP contribution is 2.68. The van der Waals surface area contributed by atoms with E-state index in [0.29, 0.717) is 12.2 Å². The summed E-state index contributed by atoms with van der Waals surface area (Å²) in [5, 5.41) is 0.807. The first-order valence-electron chi connectivity index (χ1n) is 12.3. The van der Waals surface area contributed by atoms with E-state index in [1.807, 2.05) is 24.3 Å². The number of imide groups is 1. The number of alkyl halides is 3. The van der Waals surface area contributed by atoms with Crippen molar-refractivity contribution in [3.8, 4) is 5.75 Å². The lowest BCUT2D eigenvalue weighted by Crippen LogP contribution is -2.42. The van der Waals surface area contributed by atoms with Crippen molar-refractivity contribution >= 4 is 40.6 Å². The molecule has 38 heavy (non-hydrogen) atoms. The molecule has 2 aliphatic heterocycles. The Balaban J connectivity index is 1.29. The lowest BCUT2D eigenvalue weighted by atomic mass is 9.68. The van der Waals surface area contributed by atoms with Crippen molar-refractivity contribution in [1.29, 1.82) is 0 Å². The molecule has 3 heterocycles. The normalized spacial score (nSPS) is 31.4. The van der Waals surface area contributed by atoms with Crippen LogP contribution < -0.4 is 14.5 Å². The number of benzene rings is 2. The third kappa shape index (κ3) is 3.30. The molecule has 11 heteroatoms. The fourth-order valence-electron chi connectivity index (χ4n) is 7.28. The van der Waals surface area contributed by atoms with E-state index >= 15 is 0 Å². The second kappa shape index (κ2) is 8.22. The Morgan fingerprint density at radius 1 is 1.00 bits per heavy atom. The van der Waals surface area contributed by atoms with Crippen LogP contribution in [0.1, 0.15) is 28.3 Å². The van der Waals surface area contributed by atoms with Gasteiger partial charge in [0.25, 0.3) is 0 Å². The summed E-state index contributed by atoms with van der Waals surface area (Å²) in [4.78, 5) is 44.5. The molecule has 2 bridgehead atoms. The molecule has 0 spiro atoms. The monoisotopic (exact) mass is 558 g/mol. The van der Waals surface area contributed by atoms with E-state index in [1.54, 1.807) is 18.9 Å². The van der Waals surface area contributed by atoms with Crippen molar-refractivity contribution in [1.82, 2.24) is 4.98 Å². The molecule has 6 nitrogen and oxygen atoms in total. The minimum Gasteiger partial charge on any atom is -0.497 e. The number of rotatable bonds is 3. The fraction of sp³-hybridized carbons (Fsp3) is 0.370. The van der Waals surface area contributed by atoms with E-state index in [0.717, 1.165) is 32.5 Å². The van der Waals surface area contributed by atoms with Gasteiger partial charge in [-0.3, -0.25) is 19.3 Å². The van der Waals surface area contributed by atoms with Crippen molar-refractivity contribution < 1.29 is 27.5 Å². The maximum absolute atomic E-state index is 13.7. The molecule has 2 aliphatic carbocycles. The molecule has 196 valence electrons. The number of fused-ring (bicyclic) bond motifs is 9. The van der Waals surface area contributed by atoms with Crippen LogP contribution in [0.5, 0.6) is 5.75 Å². The van der Waals surface area contributed by atoms with E-state index in [-0.39, 0.29) is 39.5 Å². The Kier molecular flexibility index (Phi) is 5.20. The molecule has 7 atom stereocenters. The standard InChI is InChI=1S/C27H21F3N2O4S2/c1-36-14-7-5-11(6-8-14)17-18-15-10-16(21(18)37-23-22(17)38-26(35)31-23)20-19(15)24(33)32(25(20)34)13-4-2-3-12(9-13)27(28,29)30/h2-9,15-21H,10H2,1H3,(H,31,35)/t15-,16-,17-,18-,19-,20+,21-/m1/s1. The summed E-state index contributed by atoms with van der Waals surface area (Å²) in [5.74, 6) is -1.63. The summed E-state index contributed by atoms with van der Waals surface area (Å²) in [6, 6.07) is 12.1. The Bertz CT molecular complexity index is 1530. The molecule has 2 aromatic carbocycles. The van der Waals surface area contributed by atoms with Crippen LogP contribution in [0.4, 0.5) is 18.9 Å². The van der Waals surface area contributed by atoms with E-state index in [1.165, 1.54) is 23.5 Å². The number of ether oxygens (including phenoxy) is 1. The quantitative estimate of drug-likeness (QED) is 0.451. The number of halogens is 3. The van der Waals surface area contributed by atoms with Crippen LogP contribution in [0.25, 0.3) is 0 Å². The molecule has 1 aromatic heterocycles. The van der Waals surface area contributed by atoms with Crippen LogP contribution in [-0.4, -0.2) is 29.2 Å². The first kappa shape index (κ1) is 24.0. The average Bonchev–Trinajstić information content (AvgIpc) is 3.62. The molecular formula is C27H21F3N2O4S2. The van der Waals surface area contributed by atoms with Crippen LogP contribution in [0.2, 0.25) is 0 Å². The summed E-state index contributed by atoms with van der Waals surface area (Å²) in [5.41, 5.74) is 0.0791. The van der Waals surface area contributed by atoms with Crippen molar-refractivity contribution in [3.05, 3.63) is 74.2 Å². The fourth-order valence-corrected chi connectivity index (χ4v) is 10.2. The van der Waals surface area contributed by atoms with Crippen molar-refractivity contribution in [3.63, 3.8) is 0 Å². The molecule has 0 unspecified atom stereocenters. The summed E-state index contributed by atoms with van der Waals surface area (Å²) in [7, 11) is 1.59. The zero-order valence-corrected chi connectivity index (χ0v) is 21.5. The topological polar surface area (TPSA) is 79.5 Å². The lowest BCUT2D eigenvalue weighted by Gasteiger charge is -2.43. The molecule has 0 radical (unpaired) electrons. The van der Waals surface area contributed by atoms with Gasteiger partial charge in [0.2, 0.25) is 11.8 Å². The Morgan fingerprint density at radius 2 is 1.71 bits per heavy atom. The van der Waals surface area contributed by atoms with Gasteiger partial charge in [0, 0.05) is 16.0 Å². The summed E-state index contributed by atoms with van der Waals surface area (Å²) < 4.78 is 45.4. The summed E-state index contributed by atoms with van der Waals surface area (Å²) in [6.07, 6.45) is -3.88. The highest BCUT2D eigenvalue weighted by molar-refractivity contribution is 8.00. The number of hydrogen-bond acceptors (Lipinski definition) is 6. The molecule has 2 saturated carbocycles. The number of aromatic amines is 1. The number of nitrogens with one attached hydrogen (secondary N) is 1. The van der Waals surface area contributed by atoms with Crippen molar-refractivity contribution in [2.45, 2.75) is 28.8 Å². The maximum Gasteiger partial charge on any atom is 0.416 e. The molecule has 2 amide bonds. The molecule has 1 saturated heterocycles. The van der Waals surface area contributed by atoms with Gasteiger partial charge >= 0.3 is 11.0 Å². The van der Waals surface area contributed by atoms with Crippen LogP contribution in [0.15, 0.2) is 58.4 Å². The minimum atomic E-state index is -4.58. The first-order valence-corrected chi connectivity index (χ1v) is 14.0. The number of methoxy groups -OCH3 is 1. The second-order valence-electron chi connectivity index (χ2n) is 10.3. The zero-order valence-electron chi connectivity index (χ0n) is 19.9. The Morgan fingerprint density at radius 3 is 2.39 bits per heavy atom. The zero-order chi connectivity index (χ0) is 26.5. The molecule has 3 fully saturated rings. The van der Waals surface area contributed by atoms with Crippen LogP contribution in [-0.2, 0) is 15.8 Å². The largest absolute Gasteiger partial charge is 0.497 e. The number of H-pyrrole nitrogens is 1. The average molecular weight is 559 g/mol. The van der Waals surface area contributed by atoms with E-state index in [9.17, 15) is 27.6 Å². The Hall–Kier alpha value is -3.05. The molecular weight excluding hydrogens is 537 g/mol. The van der Waals surface area contributed by atoms with Gasteiger partial charge in [-0.2, -0.15) is 13.2 Å². The van der Waals surface area contributed by atoms with Crippen molar-refractivity contribution in [2.24, 2.45) is 29.6 Å². The van der Waals surface area contributed by atoms with Crippen LogP contribution in [0, 0.1) is 29.6 Å². The van der Waals surface area contributed by atoms with Gasteiger partial charge in [0.05, 0.1) is 35.2 Å². The molecule has 3 aromatic rings. The second-order valence-corrected chi connectivity index (χ2v) is 12.5. The summed E-state index contributed by atoms with van der Waals surface area (Å²) in [6.45, 7) is 0. The number of carbonyl (C=O) groups is 2. The van der Waals surface area contributed by atoms with Gasteiger partial charge in [-0.25, -0.2) is 0 Å². The number of hydrogen-bond donors (Lipinski definition) is 1. The number of aromatic nitrogens is 1. The Labute approximate surface area is 223 Å². The number of thioether (sulfide) groups is 1. The van der Waals surface area contributed by atoms with Gasteiger partial charge in [-0.1, -0.05) is 29.5 Å². The number of anilines is 1. The minimum absolute atomic E-state index is 0.00399. The third-order valence-electron chi connectivity index (χ3n) is 8.63. The van der Waals surface area contributed by atoms with Crippen LogP contribution >= 0.6 is 23.1 Å². The highest BCUT2D eigenvalue weighted by Gasteiger charge is 2.69. The van der Waals surface area contributed by atoms with Gasteiger partial charge < -0.3 is 9.72 Å². The van der Waals surface area contributed by atoms with Gasteiger partial charge in [-0.15, -0.1) is 11.8 Å². The predicted molar refractivity (Wildman–Crippen MR) is 135 cm³/mol. The van der Waals surface area contributed by atoms with E-state index < -0.39 is 35.4 Å².